The molecule has 2 aromatic rings. The van der Waals surface area contributed by atoms with E-state index in [9.17, 15) is 13.5 Å². The minimum absolute atomic E-state index is 0.0431. The summed E-state index contributed by atoms with van der Waals surface area (Å²) in [6.07, 6.45) is 0.825. The molecule has 1 aromatic carbocycles. The van der Waals surface area contributed by atoms with Crippen molar-refractivity contribution >= 4 is 15.8 Å². The van der Waals surface area contributed by atoms with Crippen molar-refractivity contribution in [1.82, 2.24) is 9.78 Å². The summed E-state index contributed by atoms with van der Waals surface area (Å²) in [5.41, 5.74) is 0.551. The molecule has 0 aliphatic carbocycles. The zero-order valence-electron chi connectivity index (χ0n) is 12.2. The molecule has 0 aliphatic rings. The predicted octanol–water partition coefficient (Wildman–Crippen LogP) is 2.32. The van der Waals surface area contributed by atoms with Crippen LogP contribution in [0.25, 0.3) is 0 Å². The van der Waals surface area contributed by atoms with E-state index in [0.29, 0.717) is 11.4 Å². The number of sulfonamides is 1. The molecule has 0 saturated carbocycles. The van der Waals surface area contributed by atoms with Crippen LogP contribution in [0.1, 0.15) is 38.5 Å². The van der Waals surface area contributed by atoms with E-state index in [1.807, 2.05) is 13.8 Å². The maximum absolute atomic E-state index is 12.4. The molecule has 1 unspecified atom stereocenters. The van der Waals surface area contributed by atoms with Gasteiger partial charge in [-0.25, -0.2) is 13.1 Å². The Morgan fingerprint density at radius 3 is 2.57 bits per heavy atom. The van der Waals surface area contributed by atoms with Gasteiger partial charge in [0.05, 0.1) is 17.2 Å². The predicted molar refractivity (Wildman–Crippen MR) is 80.5 cm³/mol. The number of nitrogens with zero attached hydrogens (tertiary/aromatic N) is 2. The molecular weight excluding hydrogens is 290 g/mol. The van der Waals surface area contributed by atoms with Crippen LogP contribution in [0.5, 0.6) is 0 Å². The summed E-state index contributed by atoms with van der Waals surface area (Å²) in [6, 6.07) is 7.89. The fourth-order valence-electron chi connectivity index (χ4n) is 1.94. The van der Waals surface area contributed by atoms with E-state index in [1.165, 1.54) is 12.1 Å². The van der Waals surface area contributed by atoms with Gasteiger partial charge in [-0.05, 0) is 38.5 Å². The Kier molecular flexibility index (Phi) is 4.34. The molecule has 7 heteroatoms. The lowest BCUT2D eigenvalue weighted by Gasteiger charge is -2.14. The molecule has 21 heavy (non-hydrogen) atoms. The molecule has 2 N–H and O–H groups in total. The largest absolute Gasteiger partial charge is 0.389 e. The first-order valence-electron chi connectivity index (χ1n) is 6.65. The van der Waals surface area contributed by atoms with Crippen LogP contribution in [0.15, 0.2) is 41.4 Å². The van der Waals surface area contributed by atoms with Crippen molar-refractivity contribution in [2.24, 2.45) is 0 Å². The van der Waals surface area contributed by atoms with Crippen LogP contribution in [0, 0.1) is 0 Å². The average molecular weight is 309 g/mol. The average Bonchev–Trinajstić information content (AvgIpc) is 2.86. The third-order valence-electron chi connectivity index (χ3n) is 3.05. The van der Waals surface area contributed by atoms with Gasteiger partial charge in [0.25, 0.3) is 10.0 Å². The Hall–Kier alpha value is -1.86. The Morgan fingerprint density at radius 2 is 1.95 bits per heavy atom. The van der Waals surface area contributed by atoms with Gasteiger partial charge in [-0.15, -0.1) is 0 Å². The van der Waals surface area contributed by atoms with Gasteiger partial charge >= 0.3 is 0 Å². The quantitative estimate of drug-likeness (QED) is 0.887. The summed E-state index contributed by atoms with van der Waals surface area (Å²) < 4.78 is 28.9. The van der Waals surface area contributed by atoms with Crippen molar-refractivity contribution in [2.75, 3.05) is 4.72 Å². The molecule has 0 fully saturated rings. The van der Waals surface area contributed by atoms with Crippen LogP contribution in [-0.2, 0) is 10.0 Å². The maximum atomic E-state index is 12.4. The van der Waals surface area contributed by atoms with Gasteiger partial charge in [0.15, 0.2) is 0 Å². The summed E-state index contributed by atoms with van der Waals surface area (Å²) in [5.74, 6) is 0.410. The number of nitrogens with one attached hydrogen (secondary N) is 1. The second-order valence-corrected chi connectivity index (χ2v) is 6.79. The Bertz CT molecular complexity index is 721. The molecule has 1 aromatic heterocycles. The molecule has 1 heterocycles. The fourth-order valence-corrected chi connectivity index (χ4v) is 3.05. The van der Waals surface area contributed by atoms with E-state index >= 15 is 0 Å². The van der Waals surface area contributed by atoms with Crippen molar-refractivity contribution in [3.63, 3.8) is 0 Å². The number of rotatable bonds is 5. The first kappa shape index (κ1) is 15.5. The van der Waals surface area contributed by atoms with Gasteiger partial charge in [0, 0.05) is 12.1 Å². The van der Waals surface area contributed by atoms with Crippen molar-refractivity contribution in [1.29, 1.82) is 0 Å². The highest BCUT2D eigenvalue weighted by Gasteiger charge is 2.18. The molecule has 0 saturated heterocycles. The van der Waals surface area contributed by atoms with Crippen LogP contribution < -0.4 is 4.72 Å². The number of anilines is 1. The highest BCUT2D eigenvalue weighted by molar-refractivity contribution is 7.92. The van der Waals surface area contributed by atoms with Crippen molar-refractivity contribution in [2.45, 2.75) is 37.8 Å². The molecule has 0 spiro atoms. The van der Waals surface area contributed by atoms with Crippen LogP contribution in [-0.4, -0.2) is 23.3 Å². The molecule has 0 aliphatic heterocycles. The van der Waals surface area contributed by atoms with Crippen LogP contribution in [0.4, 0.5) is 5.82 Å². The van der Waals surface area contributed by atoms with Gasteiger partial charge < -0.3 is 5.11 Å². The smallest absolute Gasteiger partial charge is 0.263 e. The zero-order chi connectivity index (χ0) is 15.6. The maximum Gasteiger partial charge on any atom is 0.263 e. The third-order valence-corrected chi connectivity index (χ3v) is 4.40. The van der Waals surface area contributed by atoms with E-state index in [0.717, 1.165) is 0 Å². The standard InChI is InChI=1S/C14H19N3O3S/c1-10(2)17-14(7-8-15-17)16-21(19,20)13-6-4-5-12(9-13)11(3)18/h4-11,16,18H,1-3H3. The minimum atomic E-state index is -3.72. The second-order valence-electron chi connectivity index (χ2n) is 5.11. The number of hydrogen-bond acceptors (Lipinski definition) is 4. The molecule has 0 bridgehead atoms. The highest BCUT2D eigenvalue weighted by Crippen LogP contribution is 2.21. The lowest BCUT2D eigenvalue weighted by atomic mass is 10.1. The van der Waals surface area contributed by atoms with Gasteiger partial charge in [0.1, 0.15) is 5.82 Å². The Labute approximate surface area is 124 Å². The summed E-state index contributed by atoms with van der Waals surface area (Å²) >= 11 is 0. The summed E-state index contributed by atoms with van der Waals surface area (Å²) in [6.45, 7) is 5.42. The normalized spacial score (nSPS) is 13.4. The molecule has 0 amide bonds. The summed E-state index contributed by atoms with van der Waals surface area (Å²) in [4.78, 5) is 0.109. The van der Waals surface area contributed by atoms with Crippen LogP contribution in [0.3, 0.4) is 0 Å². The minimum Gasteiger partial charge on any atom is -0.389 e. The molecule has 1 atom stereocenters. The lowest BCUT2D eigenvalue weighted by molar-refractivity contribution is 0.199. The number of aromatic nitrogens is 2. The molecule has 2 rings (SSSR count). The third kappa shape index (κ3) is 3.43. The first-order chi connectivity index (χ1) is 9.81. The van der Waals surface area contributed by atoms with E-state index in [-0.39, 0.29) is 10.9 Å². The zero-order valence-corrected chi connectivity index (χ0v) is 13.0. The summed E-state index contributed by atoms with van der Waals surface area (Å²) in [5, 5.41) is 13.6. The van der Waals surface area contributed by atoms with Gasteiger partial charge in [0.2, 0.25) is 0 Å². The molecular formula is C14H19N3O3S. The summed E-state index contributed by atoms with van der Waals surface area (Å²) in [7, 11) is -3.72. The van der Waals surface area contributed by atoms with Gasteiger partial charge in [-0.2, -0.15) is 5.10 Å². The van der Waals surface area contributed by atoms with Crippen LogP contribution >= 0.6 is 0 Å². The SMILES string of the molecule is CC(O)c1cccc(S(=O)(=O)Nc2ccnn2C(C)C)c1. The van der Waals surface area contributed by atoms with E-state index in [4.69, 9.17) is 0 Å². The van der Waals surface area contributed by atoms with Gasteiger partial charge in [-0.1, -0.05) is 12.1 Å². The highest BCUT2D eigenvalue weighted by atomic mass is 32.2. The molecule has 0 radical (unpaired) electrons. The van der Waals surface area contributed by atoms with Crippen molar-refractivity contribution in [3.8, 4) is 0 Å². The number of benzene rings is 1. The number of aliphatic hydroxyl groups excluding tert-OH is 1. The number of hydrogen-bond donors (Lipinski definition) is 2. The molecule has 6 nitrogen and oxygen atoms in total. The Balaban J connectivity index is 2.34. The van der Waals surface area contributed by atoms with E-state index in [1.54, 1.807) is 36.0 Å². The first-order valence-corrected chi connectivity index (χ1v) is 8.14. The van der Waals surface area contributed by atoms with E-state index < -0.39 is 16.1 Å². The monoisotopic (exact) mass is 309 g/mol. The molecule has 114 valence electrons. The van der Waals surface area contributed by atoms with Crippen molar-refractivity contribution < 1.29 is 13.5 Å². The topological polar surface area (TPSA) is 84.2 Å². The Morgan fingerprint density at radius 1 is 1.24 bits per heavy atom. The van der Waals surface area contributed by atoms with Gasteiger partial charge in [-0.3, -0.25) is 4.72 Å². The second kappa shape index (κ2) is 5.87. The lowest BCUT2D eigenvalue weighted by Crippen LogP contribution is -2.17. The van der Waals surface area contributed by atoms with Crippen LogP contribution in [0.2, 0.25) is 0 Å². The van der Waals surface area contributed by atoms with E-state index in [2.05, 4.69) is 9.82 Å². The fraction of sp³-hybridized carbons (Fsp3) is 0.357. The van der Waals surface area contributed by atoms with Crippen molar-refractivity contribution in [3.05, 3.63) is 42.1 Å². The number of aliphatic hydroxyl groups is 1.